The SMILES string of the molecule is CCCCCNCC(C)(C)c1cc(-c2ncc(-c3ccc(Cl)c(O)c3)[nH]2)ccn1. The highest BCUT2D eigenvalue weighted by Gasteiger charge is 2.22. The highest BCUT2D eigenvalue weighted by Crippen LogP contribution is 2.30. The van der Waals surface area contributed by atoms with Gasteiger partial charge in [0.2, 0.25) is 0 Å². The zero-order valence-electron chi connectivity index (χ0n) is 17.3. The predicted molar refractivity (Wildman–Crippen MR) is 119 cm³/mol. The molecule has 0 aliphatic rings. The van der Waals surface area contributed by atoms with E-state index in [0.717, 1.165) is 41.4 Å². The average molecular weight is 413 g/mol. The first kappa shape index (κ1) is 21.3. The Labute approximate surface area is 177 Å². The van der Waals surface area contributed by atoms with Crippen molar-refractivity contribution in [3.63, 3.8) is 0 Å². The van der Waals surface area contributed by atoms with E-state index in [9.17, 15) is 5.11 Å². The molecule has 0 saturated heterocycles. The molecule has 2 heterocycles. The van der Waals surface area contributed by atoms with Gasteiger partial charge in [0.25, 0.3) is 0 Å². The molecule has 0 spiro atoms. The van der Waals surface area contributed by atoms with Gasteiger partial charge in [-0.25, -0.2) is 4.98 Å². The third-order valence-electron chi connectivity index (χ3n) is 5.08. The minimum atomic E-state index is -0.0837. The van der Waals surface area contributed by atoms with Crippen molar-refractivity contribution in [3.05, 3.63) is 53.4 Å². The van der Waals surface area contributed by atoms with E-state index in [0.29, 0.717) is 5.02 Å². The van der Waals surface area contributed by atoms with Crippen molar-refractivity contribution in [3.8, 4) is 28.4 Å². The third kappa shape index (κ3) is 5.37. The van der Waals surface area contributed by atoms with Gasteiger partial charge in [-0.2, -0.15) is 0 Å². The van der Waals surface area contributed by atoms with Crippen molar-refractivity contribution in [1.29, 1.82) is 0 Å². The summed E-state index contributed by atoms with van der Waals surface area (Å²) >= 11 is 5.90. The van der Waals surface area contributed by atoms with Crippen molar-refractivity contribution < 1.29 is 5.11 Å². The third-order valence-corrected chi connectivity index (χ3v) is 5.40. The van der Waals surface area contributed by atoms with Crippen LogP contribution in [0.2, 0.25) is 5.02 Å². The monoisotopic (exact) mass is 412 g/mol. The predicted octanol–water partition coefficient (Wildman–Crippen LogP) is 5.56. The molecule has 154 valence electrons. The number of hydrogen-bond donors (Lipinski definition) is 3. The fourth-order valence-corrected chi connectivity index (χ4v) is 3.35. The van der Waals surface area contributed by atoms with Gasteiger partial charge in [0.1, 0.15) is 11.6 Å². The Balaban J connectivity index is 1.75. The number of benzene rings is 1. The molecule has 3 N–H and O–H groups in total. The number of phenolic OH excluding ortho intramolecular Hbond substituents is 1. The van der Waals surface area contributed by atoms with E-state index >= 15 is 0 Å². The van der Waals surface area contributed by atoms with E-state index in [2.05, 4.69) is 47.1 Å². The molecule has 5 nitrogen and oxygen atoms in total. The fraction of sp³-hybridized carbons (Fsp3) is 0.391. The molecule has 0 aliphatic carbocycles. The zero-order chi connectivity index (χ0) is 20.9. The van der Waals surface area contributed by atoms with Crippen LogP contribution in [0.5, 0.6) is 5.75 Å². The van der Waals surface area contributed by atoms with Crippen LogP contribution in [0.1, 0.15) is 45.7 Å². The average Bonchev–Trinajstić information content (AvgIpc) is 3.20. The van der Waals surface area contributed by atoms with Crippen LogP contribution in [-0.4, -0.2) is 33.1 Å². The first-order chi connectivity index (χ1) is 13.9. The van der Waals surface area contributed by atoms with Crippen LogP contribution in [0.15, 0.2) is 42.7 Å². The summed E-state index contributed by atoms with van der Waals surface area (Å²) in [5, 5.41) is 13.7. The number of rotatable bonds is 9. The molecule has 1 aromatic carbocycles. The summed E-state index contributed by atoms with van der Waals surface area (Å²) in [5.41, 5.74) is 3.58. The summed E-state index contributed by atoms with van der Waals surface area (Å²) < 4.78 is 0. The molecule has 3 rings (SSSR count). The topological polar surface area (TPSA) is 73.8 Å². The molecule has 6 heteroatoms. The number of pyridine rings is 1. The van der Waals surface area contributed by atoms with Gasteiger partial charge in [-0.1, -0.05) is 51.3 Å². The smallest absolute Gasteiger partial charge is 0.137 e. The summed E-state index contributed by atoms with van der Waals surface area (Å²) in [6.45, 7) is 8.54. The summed E-state index contributed by atoms with van der Waals surface area (Å²) in [6.07, 6.45) is 7.29. The van der Waals surface area contributed by atoms with Gasteiger partial charge in [-0.3, -0.25) is 4.98 Å². The number of hydrogen-bond acceptors (Lipinski definition) is 4. The molecule has 0 bridgehead atoms. The van der Waals surface area contributed by atoms with Crippen LogP contribution in [0, 0.1) is 0 Å². The van der Waals surface area contributed by atoms with E-state index in [4.69, 9.17) is 11.6 Å². The van der Waals surface area contributed by atoms with Crippen molar-refractivity contribution in [2.24, 2.45) is 0 Å². The Bertz CT molecular complexity index is 952. The number of aromatic hydroxyl groups is 1. The lowest BCUT2D eigenvalue weighted by Gasteiger charge is -2.25. The Kier molecular flexibility index (Phi) is 6.93. The molecule has 0 fully saturated rings. The van der Waals surface area contributed by atoms with Gasteiger partial charge in [0.05, 0.1) is 16.9 Å². The second kappa shape index (κ2) is 9.42. The molecule has 0 atom stereocenters. The van der Waals surface area contributed by atoms with Gasteiger partial charge >= 0.3 is 0 Å². The maximum atomic E-state index is 9.85. The lowest BCUT2D eigenvalue weighted by Crippen LogP contribution is -2.34. The normalized spacial score (nSPS) is 11.7. The molecule has 0 aliphatic heterocycles. The zero-order valence-corrected chi connectivity index (χ0v) is 18.1. The molecule has 3 aromatic rings. The van der Waals surface area contributed by atoms with Crippen molar-refractivity contribution >= 4 is 11.6 Å². The maximum Gasteiger partial charge on any atom is 0.137 e. The summed E-state index contributed by atoms with van der Waals surface area (Å²) in [4.78, 5) is 12.5. The number of unbranched alkanes of at least 4 members (excludes halogenated alkanes) is 2. The second-order valence-corrected chi connectivity index (χ2v) is 8.42. The van der Waals surface area contributed by atoms with E-state index < -0.39 is 0 Å². The van der Waals surface area contributed by atoms with Crippen LogP contribution >= 0.6 is 11.6 Å². The van der Waals surface area contributed by atoms with Crippen LogP contribution in [0.3, 0.4) is 0 Å². The maximum absolute atomic E-state index is 9.85. The van der Waals surface area contributed by atoms with Crippen molar-refractivity contribution in [1.82, 2.24) is 20.3 Å². The molecule has 2 aromatic heterocycles. The van der Waals surface area contributed by atoms with E-state index in [1.807, 2.05) is 18.3 Å². The Morgan fingerprint density at radius 1 is 1.10 bits per heavy atom. The van der Waals surface area contributed by atoms with Crippen molar-refractivity contribution in [2.75, 3.05) is 13.1 Å². The number of phenols is 1. The van der Waals surface area contributed by atoms with E-state index in [1.54, 1.807) is 18.3 Å². The summed E-state index contributed by atoms with van der Waals surface area (Å²) in [5.74, 6) is 0.824. The second-order valence-electron chi connectivity index (χ2n) is 8.01. The standard InChI is InChI=1S/C23H29ClN4O/c1-4-5-6-10-25-15-23(2,3)21-13-17(9-11-26-21)22-27-14-19(28-22)16-7-8-18(24)20(29)12-16/h7-9,11-14,25,29H,4-6,10,15H2,1-3H3,(H,27,28). The Hall–Kier alpha value is -2.37. The number of aromatic nitrogens is 3. The first-order valence-electron chi connectivity index (χ1n) is 10.1. The molecule has 0 unspecified atom stereocenters. The summed E-state index contributed by atoms with van der Waals surface area (Å²) in [6, 6.07) is 9.20. The molecular weight excluding hydrogens is 384 g/mol. The molecule has 0 radical (unpaired) electrons. The number of imidazole rings is 1. The van der Waals surface area contributed by atoms with Gasteiger partial charge in [-0.15, -0.1) is 0 Å². The van der Waals surface area contributed by atoms with Gasteiger partial charge in [-0.05, 0) is 37.2 Å². The number of halogens is 1. The van der Waals surface area contributed by atoms with Crippen molar-refractivity contribution in [2.45, 2.75) is 45.4 Å². The highest BCUT2D eigenvalue weighted by molar-refractivity contribution is 6.32. The fourth-order valence-electron chi connectivity index (χ4n) is 3.23. The van der Waals surface area contributed by atoms with E-state index in [-0.39, 0.29) is 11.2 Å². The number of aromatic amines is 1. The molecule has 0 amide bonds. The van der Waals surface area contributed by atoms with E-state index in [1.165, 1.54) is 19.3 Å². The van der Waals surface area contributed by atoms with Gasteiger partial charge in [0.15, 0.2) is 0 Å². The lowest BCUT2D eigenvalue weighted by molar-refractivity contribution is 0.452. The molecular formula is C23H29ClN4O. The minimum absolute atomic E-state index is 0.0553. The minimum Gasteiger partial charge on any atom is -0.506 e. The quantitative estimate of drug-likeness (QED) is 0.402. The lowest BCUT2D eigenvalue weighted by atomic mass is 9.88. The number of nitrogens with zero attached hydrogens (tertiary/aromatic N) is 2. The Morgan fingerprint density at radius 3 is 2.69 bits per heavy atom. The summed E-state index contributed by atoms with van der Waals surface area (Å²) in [7, 11) is 0. The van der Waals surface area contributed by atoms with Crippen LogP contribution in [-0.2, 0) is 5.41 Å². The first-order valence-corrected chi connectivity index (χ1v) is 10.5. The van der Waals surface area contributed by atoms with Crippen LogP contribution < -0.4 is 5.32 Å². The largest absolute Gasteiger partial charge is 0.506 e. The van der Waals surface area contributed by atoms with Crippen LogP contribution in [0.4, 0.5) is 0 Å². The Morgan fingerprint density at radius 2 is 1.93 bits per heavy atom. The van der Waals surface area contributed by atoms with Crippen LogP contribution in [0.25, 0.3) is 22.6 Å². The highest BCUT2D eigenvalue weighted by atomic mass is 35.5. The molecule has 0 saturated carbocycles. The van der Waals surface area contributed by atoms with Gasteiger partial charge in [0, 0.05) is 35.0 Å². The number of nitrogens with one attached hydrogen (secondary N) is 2. The molecule has 29 heavy (non-hydrogen) atoms. The number of H-pyrrole nitrogens is 1. The van der Waals surface area contributed by atoms with Gasteiger partial charge < -0.3 is 15.4 Å².